The number of sulfonamides is 1. The van der Waals surface area contributed by atoms with Gasteiger partial charge in [-0.25, -0.2) is 13.2 Å². The molecule has 10 nitrogen and oxygen atoms in total. The summed E-state index contributed by atoms with van der Waals surface area (Å²) in [5.74, 6) is 0.188. The Hall–Kier alpha value is -2.40. The van der Waals surface area contributed by atoms with Crippen LogP contribution in [0.4, 0.5) is 10.5 Å². The molecule has 28 heavy (non-hydrogen) atoms. The monoisotopic (exact) mass is 415 g/mol. The summed E-state index contributed by atoms with van der Waals surface area (Å²) in [5, 5.41) is 11.4. The molecule has 0 unspecified atom stereocenters. The van der Waals surface area contributed by atoms with E-state index >= 15 is 0 Å². The van der Waals surface area contributed by atoms with Gasteiger partial charge in [-0.1, -0.05) is 6.92 Å². The van der Waals surface area contributed by atoms with Crippen LogP contribution in [0.15, 0.2) is 23.1 Å². The second-order valence-electron chi connectivity index (χ2n) is 7.34. The quantitative estimate of drug-likeness (QED) is 0.516. The van der Waals surface area contributed by atoms with Crippen molar-refractivity contribution in [2.45, 2.75) is 44.2 Å². The van der Waals surface area contributed by atoms with Crippen molar-refractivity contribution < 1.29 is 27.6 Å². The molecule has 156 valence electrons. The van der Waals surface area contributed by atoms with Crippen molar-refractivity contribution in [3.05, 3.63) is 28.3 Å². The third-order valence-electron chi connectivity index (χ3n) is 4.18. The number of methoxy groups -OCH3 is 1. The van der Waals surface area contributed by atoms with Gasteiger partial charge in [-0.2, -0.15) is 4.31 Å². The van der Waals surface area contributed by atoms with Crippen molar-refractivity contribution in [2.75, 3.05) is 26.7 Å². The molecule has 0 aliphatic carbocycles. The summed E-state index contributed by atoms with van der Waals surface area (Å²) in [5.41, 5.74) is -1.20. The molecule has 0 aromatic heterocycles. The van der Waals surface area contributed by atoms with Gasteiger partial charge in [0.1, 0.15) is 11.4 Å². The van der Waals surface area contributed by atoms with Crippen LogP contribution < -0.4 is 4.74 Å². The standard InChI is InChI=1S/C17H25N3O7S/c1-6-19(12-10-18(11-12)16(21)27-17(2,3)4)28(24,25)15-8-7-13(26-5)9-14(15)20(22)23/h7-9,12H,6,10-11H2,1-5H3. The number of nitro benzene ring substituents is 1. The zero-order valence-corrected chi connectivity index (χ0v) is 17.4. The van der Waals surface area contributed by atoms with Gasteiger partial charge in [0.15, 0.2) is 4.90 Å². The van der Waals surface area contributed by atoms with Crippen molar-refractivity contribution in [1.29, 1.82) is 0 Å². The molecule has 1 amide bonds. The first kappa shape index (κ1) is 21.9. The van der Waals surface area contributed by atoms with Crippen LogP contribution in [-0.2, 0) is 14.8 Å². The van der Waals surface area contributed by atoms with E-state index in [0.717, 1.165) is 6.07 Å². The summed E-state index contributed by atoms with van der Waals surface area (Å²) in [4.78, 5) is 23.7. The second kappa shape index (κ2) is 7.92. The lowest BCUT2D eigenvalue weighted by Gasteiger charge is -2.44. The molecule has 2 rings (SSSR count). The van der Waals surface area contributed by atoms with Crippen molar-refractivity contribution in [1.82, 2.24) is 9.21 Å². The highest BCUT2D eigenvalue weighted by Gasteiger charge is 2.43. The molecule has 1 aromatic rings. The Morgan fingerprint density at radius 3 is 2.43 bits per heavy atom. The van der Waals surface area contributed by atoms with Gasteiger partial charge in [0.2, 0.25) is 10.0 Å². The topological polar surface area (TPSA) is 119 Å². The smallest absolute Gasteiger partial charge is 0.410 e. The molecule has 0 spiro atoms. The predicted octanol–water partition coefficient (Wildman–Crippen LogP) is 2.23. The van der Waals surface area contributed by atoms with Gasteiger partial charge in [0.05, 0.1) is 24.1 Å². The molecule has 1 saturated heterocycles. The number of ether oxygens (including phenoxy) is 2. The van der Waals surface area contributed by atoms with Crippen molar-refractivity contribution in [3.8, 4) is 5.75 Å². The van der Waals surface area contributed by atoms with Crippen LogP contribution in [-0.4, -0.2) is 67.0 Å². The zero-order chi connectivity index (χ0) is 21.3. The molecular formula is C17H25N3O7S. The number of carbonyl (C=O) groups is 1. The van der Waals surface area contributed by atoms with E-state index in [0.29, 0.717) is 0 Å². The molecule has 0 saturated carbocycles. The Balaban J connectivity index is 2.24. The van der Waals surface area contributed by atoms with Crippen LogP contribution in [0.1, 0.15) is 27.7 Å². The summed E-state index contributed by atoms with van der Waals surface area (Å²) >= 11 is 0. The second-order valence-corrected chi connectivity index (χ2v) is 9.20. The number of rotatable bonds is 6. The Labute approximate surface area is 164 Å². The van der Waals surface area contributed by atoms with E-state index in [-0.39, 0.29) is 25.4 Å². The average molecular weight is 415 g/mol. The van der Waals surface area contributed by atoms with E-state index in [2.05, 4.69) is 0 Å². The Bertz CT molecular complexity index is 858. The van der Waals surface area contributed by atoms with E-state index in [9.17, 15) is 23.3 Å². The van der Waals surface area contributed by atoms with Crippen molar-refractivity contribution >= 4 is 21.8 Å². The minimum Gasteiger partial charge on any atom is -0.497 e. The molecule has 1 aliphatic rings. The number of nitrogens with zero attached hydrogens (tertiary/aromatic N) is 3. The average Bonchev–Trinajstić information content (AvgIpc) is 2.54. The maximum Gasteiger partial charge on any atom is 0.410 e. The first-order chi connectivity index (χ1) is 12.9. The summed E-state index contributed by atoms with van der Waals surface area (Å²) in [6.45, 7) is 7.30. The molecule has 11 heteroatoms. The van der Waals surface area contributed by atoms with Gasteiger partial charge in [0, 0.05) is 19.6 Å². The number of amides is 1. The van der Waals surface area contributed by atoms with Gasteiger partial charge < -0.3 is 14.4 Å². The molecule has 0 bridgehead atoms. The lowest BCUT2D eigenvalue weighted by molar-refractivity contribution is -0.387. The third-order valence-corrected chi connectivity index (χ3v) is 6.26. The van der Waals surface area contributed by atoms with Crippen LogP contribution in [0.25, 0.3) is 0 Å². The summed E-state index contributed by atoms with van der Waals surface area (Å²) < 4.78 is 37.5. The lowest BCUT2D eigenvalue weighted by atomic mass is 10.1. The van der Waals surface area contributed by atoms with Crippen molar-refractivity contribution in [3.63, 3.8) is 0 Å². The van der Waals surface area contributed by atoms with E-state index in [1.165, 1.54) is 28.4 Å². The van der Waals surface area contributed by atoms with Gasteiger partial charge in [-0.05, 0) is 32.9 Å². The number of carbonyl (C=O) groups excluding carboxylic acids is 1. The largest absolute Gasteiger partial charge is 0.497 e. The molecular weight excluding hydrogens is 390 g/mol. The van der Waals surface area contributed by atoms with E-state index in [1.807, 2.05) is 0 Å². The molecule has 1 aliphatic heterocycles. The van der Waals surface area contributed by atoms with Crippen LogP contribution in [0.3, 0.4) is 0 Å². The van der Waals surface area contributed by atoms with Crippen LogP contribution in [0.2, 0.25) is 0 Å². The maximum atomic E-state index is 13.1. The number of likely N-dealkylation sites (tertiary alicyclic amines) is 1. The highest BCUT2D eigenvalue weighted by Crippen LogP contribution is 2.32. The SMILES string of the molecule is CCN(C1CN(C(=O)OC(C)(C)C)C1)S(=O)(=O)c1ccc(OC)cc1[N+](=O)[O-]. The fourth-order valence-electron chi connectivity index (χ4n) is 2.85. The maximum absolute atomic E-state index is 13.1. The molecule has 1 aromatic carbocycles. The molecule has 0 radical (unpaired) electrons. The number of likely N-dealkylation sites (N-methyl/N-ethyl adjacent to an activating group) is 1. The van der Waals surface area contributed by atoms with E-state index in [4.69, 9.17) is 9.47 Å². The third kappa shape index (κ3) is 4.53. The fraction of sp³-hybridized carbons (Fsp3) is 0.588. The Morgan fingerprint density at radius 2 is 1.96 bits per heavy atom. The van der Waals surface area contributed by atoms with Gasteiger partial charge in [-0.3, -0.25) is 10.1 Å². The van der Waals surface area contributed by atoms with E-state index in [1.54, 1.807) is 27.7 Å². The first-order valence-electron chi connectivity index (χ1n) is 8.73. The summed E-state index contributed by atoms with van der Waals surface area (Å²) in [6, 6.07) is 3.12. The summed E-state index contributed by atoms with van der Waals surface area (Å²) in [6.07, 6.45) is -0.521. The molecule has 0 N–H and O–H groups in total. The van der Waals surface area contributed by atoms with Gasteiger partial charge in [0.25, 0.3) is 5.69 Å². The number of benzene rings is 1. The summed E-state index contributed by atoms with van der Waals surface area (Å²) in [7, 11) is -2.80. The normalized spacial score (nSPS) is 15.3. The Morgan fingerprint density at radius 1 is 1.36 bits per heavy atom. The van der Waals surface area contributed by atoms with Crippen LogP contribution in [0.5, 0.6) is 5.75 Å². The predicted molar refractivity (Wildman–Crippen MR) is 101 cm³/mol. The van der Waals surface area contributed by atoms with Crippen LogP contribution in [0, 0.1) is 10.1 Å². The highest BCUT2D eigenvalue weighted by atomic mass is 32.2. The molecule has 0 atom stereocenters. The molecule has 1 fully saturated rings. The minimum atomic E-state index is -4.14. The highest BCUT2D eigenvalue weighted by molar-refractivity contribution is 7.89. The van der Waals surface area contributed by atoms with Gasteiger partial charge in [-0.15, -0.1) is 0 Å². The number of nitro groups is 1. The van der Waals surface area contributed by atoms with Crippen molar-refractivity contribution in [2.24, 2.45) is 0 Å². The number of hydrogen-bond donors (Lipinski definition) is 0. The Kier molecular flexibility index (Phi) is 6.19. The minimum absolute atomic E-state index is 0.109. The fourth-order valence-corrected chi connectivity index (χ4v) is 4.60. The molecule has 1 heterocycles. The number of hydrogen-bond acceptors (Lipinski definition) is 7. The van der Waals surface area contributed by atoms with Crippen LogP contribution >= 0.6 is 0 Å². The van der Waals surface area contributed by atoms with E-state index < -0.39 is 43.3 Å². The first-order valence-corrected chi connectivity index (χ1v) is 10.2. The zero-order valence-electron chi connectivity index (χ0n) is 16.5. The van der Waals surface area contributed by atoms with Gasteiger partial charge >= 0.3 is 6.09 Å². The lowest BCUT2D eigenvalue weighted by Crippen LogP contribution is -2.62.